The molecule has 114 valence electrons. The van der Waals surface area contributed by atoms with Crippen LogP contribution in [0.4, 0.5) is 4.79 Å². The van der Waals surface area contributed by atoms with Crippen molar-refractivity contribution in [1.29, 1.82) is 0 Å². The third-order valence-corrected chi connectivity index (χ3v) is 3.98. The molecule has 5 nitrogen and oxygen atoms in total. The molecule has 6 heteroatoms. The monoisotopic (exact) mass is 299 g/mol. The molecule has 2 atom stereocenters. The number of nitrogens with one attached hydrogen (secondary N) is 2. The molecule has 0 spiro atoms. The zero-order valence-electron chi connectivity index (χ0n) is 12.9. The van der Waals surface area contributed by atoms with Crippen LogP contribution in [0.25, 0.3) is 0 Å². The lowest BCUT2D eigenvalue weighted by atomic mass is 9.93. The second kappa shape index (κ2) is 7.04. The quantitative estimate of drug-likeness (QED) is 0.782. The maximum absolute atomic E-state index is 11.8. The normalized spacial score (nSPS) is 14.7. The van der Waals surface area contributed by atoms with Gasteiger partial charge in [0, 0.05) is 23.4 Å². The van der Waals surface area contributed by atoms with Crippen LogP contribution in [0.1, 0.15) is 57.8 Å². The molecular formula is C14H25N3O2S. The number of hydrogen-bond acceptors (Lipinski definition) is 4. The fourth-order valence-corrected chi connectivity index (χ4v) is 2.67. The molecule has 0 bridgehead atoms. The van der Waals surface area contributed by atoms with Crippen LogP contribution in [0.15, 0.2) is 5.38 Å². The van der Waals surface area contributed by atoms with E-state index >= 15 is 0 Å². The number of nitrogens with zero attached hydrogens (tertiary/aromatic N) is 1. The van der Waals surface area contributed by atoms with E-state index in [0.717, 1.165) is 10.7 Å². The number of aliphatic hydroxyl groups excluding tert-OH is 1. The van der Waals surface area contributed by atoms with Crippen molar-refractivity contribution < 1.29 is 9.90 Å². The van der Waals surface area contributed by atoms with Gasteiger partial charge < -0.3 is 15.7 Å². The molecule has 0 fully saturated rings. The molecule has 0 saturated carbocycles. The lowest BCUT2D eigenvalue weighted by Crippen LogP contribution is -2.42. The highest BCUT2D eigenvalue weighted by Gasteiger charge is 2.20. The molecule has 0 aliphatic heterocycles. The summed E-state index contributed by atoms with van der Waals surface area (Å²) in [5.41, 5.74) is 1.06. The van der Waals surface area contributed by atoms with Gasteiger partial charge in [0.2, 0.25) is 0 Å². The van der Waals surface area contributed by atoms with Crippen molar-refractivity contribution in [3.63, 3.8) is 0 Å². The minimum Gasteiger partial charge on any atom is -0.396 e. The molecule has 0 aliphatic rings. The van der Waals surface area contributed by atoms with Crippen molar-refractivity contribution in [2.45, 2.75) is 58.5 Å². The molecule has 3 N–H and O–H groups in total. The molecule has 0 radical (unpaired) electrons. The molecular weight excluding hydrogens is 274 g/mol. The van der Waals surface area contributed by atoms with E-state index in [1.807, 2.05) is 19.2 Å². The fourth-order valence-electron chi connectivity index (χ4n) is 1.62. The highest BCUT2D eigenvalue weighted by Crippen LogP contribution is 2.26. The number of rotatable bonds is 5. The van der Waals surface area contributed by atoms with E-state index in [0.29, 0.717) is 6.42 Å². The second-order valence-corrected chi connectivity index (χ2v) is 6.96. The van der Waals surface area contributed by atoms with Crippen molar-refractivity contribution in [1.82, 2.24) is 15.6 Å². The van der Waals surface area contributed by atoms with Crippen LogP contribution in [0.5, 0.6) is 0 Å². The Kier molecular flexibility index (Phi) is 5.95. The van der Waals surface area contributed by atoms with E-state index < -0.39 is 0 Å². The first kappa shape index (κ1) is 16.9. The molecule has 1 aromatic rings. The largest absolute Gasteiger partial charge is 0.396 e. The summed E-state index contributed by atoms with van der Waals surface area (Å²) in [5, 5.41) is 17.4. The van der Waals surface area contributed by atoms with Gasteiger partial charge in [0.1, 0.15) is 5.01 Å². The van der Waals surface area contributed by atoms with Crippen molar-refractivity contribution in [3.05, 3.63) is 16.1 Å². The Morgan fingerprint density at radius 3 is 2.55 bits per heavy atom. The number of hydrogen-bond donors (Lipinski definition) is 3. The lowest BCUT2D eigenvalue weighted by Gasteiger charge is -2.17. The Balaban J connectivity index is 2.56. The number of carbonyl (C=O) groups excluding carboxylic acids is 1. The summed E-state index contributed by atoms with van der Waals surface area (Å²) < 4.78 is 0. The summed E-state index contributed by atoms with van der Waals surface area (Å²) in [5.74, 6) is 0. The predicted octanol–water partition coefficient (Wildman–Crippen LogP) is 2.57. The molecule has 0 aromatic carbocycles. The molecule has 20 heavy (non-hydrogen) atoms. The highest BCUT2D eigenvalue weighted by molar-refractivity contribution is 7.09. The van der Waals surface area contributed by atoms with Gasteiger partial charge in [0.05, 0.1) is 11.7 Å². The lowest BCUT2D eigenvalue weighted by molar-refractivity contribution is 0.228. The van der Waals surface area contributed by atoms with Crippen LogP contribution in [0.3, 0.4) is 0 Å². The third kappa shape index (κ3) is 5.09. The molecule has 1 unspecified atom stereocenters. The van der Waals surface area contributed by atoms with Gasteiger partial charge in [0.25, 0.3) is 0 Å². The predicted molar refractivity (Wildman–Crippen MR) is 82.1 cm³/mol. The van der Waals surface area contributed by atoms with Crippen LogP contribution in [0.2, 0.25) is 0 Å². The first-order valence-electron chi connectivity index (χ1n) is 6.88. The van der Waals surface area contributed by atoms with Gasteiger partial charge in [-0.2, -0.15) is 0 Å². The molecule has 1 rings (SSSR count). The number of aromatic nitrogens is 1. The van der Waals surface area contributed by atoms with E-state index in [-0.39, 0.29) is 30.1 Å². The van der Waals surface area contributed by atoms with Crippen molar-refractivity contribution in [3.8, 4) is 0 Å². The molecule has 0 aliphatic carbocycles. The Morgan fingerprint density at radius 2 is 2.05 bits per heavy atom. The van der Waals surface area contributed by atoms with Crippen LogP contribution >= 0.6 is 11.3 Å². The van der Waals surface area contributed by atoms with Crippen LogP contribution < -0.4 is 10.6 Å². The van der Waals surface area contributed by atoms with Crippen molar-refractivity contribution >= 4 is 17.4 Å². The smallest absolute Gasteiger partial charge is 0.315 e. The summed E-state index contributed by atoms with van der Waals surface area (Å²) >= 11 is 1.56. The average Bonchev–Trinajstić information content (AvgIpc) is 2.77. The zero-order chi connectivity index (χ0) is 15.3. The van der Waals surface area contributed by atoms with E-state index in [9.17, 15) is 4.79 Å². The Morgan fingerprint density at radius 1 is 1.40 bits per heavy atom. The topological polar surface area (TPSA) is 74.2 Å². The van der Waals surface area contributed by atoms with E-state index in [1.165, 1.54) is 0 Å². The minimum absolute atomic E-state index is 0.0202. The molecule has 0 saturated heterocycles. The number of aliphatic hydroxyl groups is 1. The highest BCUT2D eigenvalue weighted by atomic mass is 32.1. The molecule has 1 heterocycles. The van der Waals surface area contributed by atoms with Gasteiger partial charge in [0.15, 0.2) is 0 Å². The van der Waals surface area contributed by atoms with Gasteiger partial charge >= 0.3 is 6.03 Å². The standard InChI is InChI=1S/C14H25N3O2S/c1-9(6-7-18)15-13(19)16-10(2)12-17-11(8-20-12)14(3,4)5/h8-10,18H,6-7H2,1-5H3,(H2,15,16,19)/t9-,10?/m1/s1. The summed E-state index contributed by atoms with van der Waals surface area (Å²) in [6, 6.07) is -0.406. The summed E-state index contributed by atoms with van der Waals surface area (Å²) in [4.78, 5) is 16.4. The number of carbonyl (C=O) groups is 1. The Labute approximate surface area is 124 Å². The van der Waals surface area contributed by atoms with E-state index in [1.54, 1.807) is 11.3 Å². The zero-order valence-corrected chi connectivity index (χ0v) is 13.7. The Bertz CT molecular complexity index is 440. The van der Waals surface area contributed by atoms with Crippen molar-refractivity contribution in [2.24, 2.45) is 0 Å². The molecule has 1 aromatic heterocycles. The van der Waals surface area contributed by atoms with Gasteiger partial charge in [-0.15, -0.1) is 11.3 Å². The number of thiazole rings is 1. The van der Waals surface area contributed by atoms with E-state index in [4.69, 9.17) is 5.11 Å². The maximum atomic E-state index is 11.8. The Hall–Kier alpha value is -1.14. The summed E-state index contributed by atoms with van der Waals surface area (Å²) in [7, 11) is 0. The van der Waals surface area contributed by atoms with Crippen LogP contribution in [-0.4, -0.2) is 28.8 Å². The fraction of sp³-hybridized carbons (Fsp3) is 0.714. The number of amides is 2. The van der Waals surface area contributed by atoms with Gasteiger partial charge in [-0.1, -0.05) is 20.8 Å². The van der Waals surface area contributed by atoms with Crippen LogP contribution in [-0.2, 0) is 5.41 Å². The number of urea groups is 1. The first-order valence-corrected chi connectivity index (χ1v) is 7.75. The van der Waals surface area contributed by atoms with Gasteiger partial charge in [-0.05, 0) is 20.3 Å². The second-order valence-electron chi connectivity index (χ2n) is 6.07. The average molecular weight is 299 g/mol. The maximum Gasteiger partial charge on any atom is 0.315 e. The summed E-state index contributed by atoms with van der Waals surface area (Å²) in [6.45, 7) is 10.2. The first-order chi connectivity index (χ1) is 9.24. The summed E-state index contributed by atoms with van der Waals surface area (Å²) in [6.07, 6.45) is 0.549. The van der Waals surface area contributed by atoms with Crippen molar-refractivity contribution in [2.75, 3.05) is 6.61 Å². The van der Waals surface area contributed by atoms with Gasteiger partial charge in [-0.3, -0.25) is 0 Å². The van der Waals surface area contributed by atoms with Gasteiger partial charge in [-0.25, -0.2) is 9.78 Å². The van der Waals surface area contributed by atoms with E-state index in [2.05, 4.69) is 36.4 Å². The van der Waals surface area contributed by atoms with Crippen LogP contribution in [0, 0.1) is 0 Å². The molecule has 2 amide bonds. The SMILES string of the molecule is CC(NC(=O)N[C@H](C)CCO)c1nc(C(C)(C)C)cs1. The third-order valence-electron chi connectivity index (χ3n) is 2.95. The minimum atomic E-state index is -0.231.